The lowest BCUT2D eigenvalue weighted by molar-refractivity contribution is 1.07. The molecule has 0 unspecified atom stereocenters. The summed E-state index contributed by atoms with van der Waals surface area (Å²) in [6.07, 6.45) is 0. The fourth-order valence-corrected chi connectivity index (χ4v) is 1.68. The second kappa shape index (κ2) is 4.61. The molecule has 0 spiro atoms. The van der Waals surface area contributed by atoms with Crippen LogP contribution in [-0.2, 0) is 6.54 Å². The van der Waals surface area contributed by atoms with Gasteiger partial charge in [-0.05, 0) is 22.8 Å². The van der Waals surface area contributed by atoms with Crippen molar-refractivity contribution >= 4 is 0 Å². The minimum absolute atomic E-state index is 0.462. The molecule has 2 aromatic rings. The van der Waals surface area contributed by atoms with E-state index in [-0.39, 0.29) is 0 Å². The molecule has 0 bridgehead atoms. The fraction of sp³-hybridized carbons (Fsp3) is 0.0714. The van der Waals surface area contributed by atoms with Crippen molar-refractivity contribution in [3.63, 3.8) is 0 Å². The van der Waals surface area contributed by atoms with Crippen molar-refractivity contribution in [2.24, 2.45) is 5.73 Å². The van der Waals surface area contributed by atoms with E-state index >= 15 is 0 Å². The molecule has 0 aromatic heterocycles. The second-order valence-corrected chi connectivity index (χ2v) is 3.56. The number of benzene rings is 2. The lowest BCUT2D eigenvalue weighted by atomic mass is 9.98. The van der Waals surface area contributed by atoms with Crippen LogP contribution in [0.5, 0.6) is 0 Å². The zero-order chi connectivity index (χ0) is 11.4. The number of hydrogen-bond donors (Lipinski definition) is 1. The summed E-state index contributed by atoms with van der Waals surface area (Å²) in [5.41, 5.74) is 9.23. The molecule has 0 radical (unpaired) electrons. The van der Waals surface area contributed by atoms with E-state index in [0.29, 0.717) is 12.1 Å². The monoisotopic (exact) mass is 208 g/mol. The minimum Gasteiger partial charge on any atom is -0.326 e. The fourth-order valence-electron chi connectivity index (χ4n) is 1.68. The zero-order valence-electron chi connectivity index (χ0n) is 8.85. The van der Waals surface area contributed by atoms with Crippen molar-refractivity contribution in [2.45, 2.75) is 6.54 Å². The third kappa shape index (κ3) is 1.95. The summed E-state index contributed by atoms with van der Waals surface area (Å²) >= 11 is 0. The Bertz CT molecular complexity index is 524. The summed E-state index contributed by atoms with van der Waals surface area (Å²) in [6, 6.07) is 17.9. The molecule has 78 valence electrons. The Balaban J connectivity index is 2.54. The first-order valence-electron chi connectivity index (χ1n) is 5.13. The molecule has 0 atom stereocenters. The summed E-state index contributed by atoms with van der Waals surface area (Å²) in [7, 11) is 0. The van der Waals surface area contributed by atoms with Crippen molar-refractivity contribution in [3.8, 4) is 17.2 Å². The summed E-state index contributed by atoms with van der Waals surface area (Å²) in [6.45, 7) is 0.462. The van der Waals surface area contributed by atoms with Crippen LogP contribution in [0.3, 0.4) is 0 Å². The van der Waals surface area contributed by atoms with Crippen LogP contribution in [-0.4, -0.2) is 0 Å². The molecule has 2 aromatic carbocycles. The lowest BCUT2D eigenvalue weighted by Gasteiger charge is -2.05. The Kier molecular flexibility index (Phi) is 3.00. The van der Waals surface area contributed by atoms with Gasteiger partial charge in [-0.25, -0.2) is 0 Å². The molecular formula is C14H12N2. The summed E-state index contributed by atoms with van der Waals surface area (Å²) < 4.78 is 0. The number of nitrogens with two attached hydrogens (primary N) is 1. The van der Waals surface area contributed by atoms with Gasteiger partial charge in [0.25, 0.3) is 0 Å². The highest BCUT2D eigenvalue weighted by Gasteiger charge is 2.04. The number of rotatable bonds is 2. The SMILES string of the molecule is N#Cc1cc(CN)ccc1-c1ccccc1. The van der Waals surface area contributed by atoms with E-state index in [1.165, 1.54) is 0 Å². The average Bonchev–Trinajstić information content (AvgIpc) is 2.39. The molecular weight excluding hydrogens is 196 g/mol. The number of nitrogens with zero attached hydrogens (tertiary/aromatic N) is 1. The Hall–Kier alpha value is -2.11. The van der Waals surface area contributed by atoms with E-state index in [0.717, 1.165) is 16.7 Å². The van der Waals surface area contributed by atoms with Crippen LogP contribution in [0.15, 0.2) is 48.5 Å². The first-order valence-corrected chi connectivity index (χ1v) is 5.13. The van der Waals surface area contributed by atoms with Gasteiger partial charge in [-0.3, -0.25) is 0 Å². The third-order valence-corrected chi connectivity index (χ3v) is 2.52. The highest BCUT2D eigenvalue weighted by Crippen LogP contribution is 2.23. The van der Waals surface area contributed by atoms with Gasteiger partial charge < -0.3 is 5.73 Å². The van der Waals surface area contributed by atoms with Crippen LogP contribution in [0.4, 0.5) is 0 Å². The lowest BCUT2D eigenvalue weighted by Crippen LogP contribution is -1.97. The van der Waals surface area contributed by atoms with Crippen LogP contribution in [0, 0.1) is 11.3 Å². The second-order valence-electron chi connectivity index (χ2n) is 3.56. The predicted molar refractivity (Wildman–Crippen MR) is 64.5 cm³/mol. The Labute approximate surface area is 95.0 Å². The molecule has 0 fully saturated rings. The van der Waals surface area contributed by atoms with E-state index in [2.05, 4.69) is 6.07 Å². The molecule has 0 aliphatic carbocycles. The van der Waals surface area contributed by atoms with Gasteiger partial charge in [0.2, 0.25) is 0 Å². The molecule has 0 aliphatic rings. The highest BCUT2D eigenvalue weighted by atomic mass is 14.5. The van der Waals surface area contributed by atoms with Gasteiger partial charge >= 0.3 is 0 Å². The van der Waals surface area contributed by atoms with Crippen LogP contribution in [0.2, 0.25) is 0 Å². The molecule has 0 saturated heterocycles. The van der Waals surface area contributed by atoms with Crippen LogP contribution in [0.1, 0.15) is 11.1 Å². The van der Waals surface area contributed by atoms with E-state index in [1.54, 1.807) is 0 Å². The third-order valence-electron chi connectivity index (χ3n) is 2.52. The van der Waals surface area contributed by atoms with E-state index in [1.807, 2.05) is 48.5 Å². The maximum atomic E-state index is 9.11. The van der Waals surface area contributed by atoms with Crippen molar-refractivity contribution in [3.05, 3.63) is 59.7 Å². The van der Waals surface area contributed by atoms with Gasteiger partial charge in [-0.1, -0.05) is 42.5 Å². The maximum Gasteiger partial charge on any atom is 0.0998 e. The largest absolute Gasteiger partial charge is 0.326 e. The quantitative estimate of drug-likeness (QED) is 0.824. The Morgan fingerprint density at radius 2 is 1.81 bits per heavy atom. The maximum absolute atomic E-state index is 9.11. The van der Waals surface area contributed by atoms with Gasteiger partial charge in [-0.15, -0.1) is 0 Å². The average molecular weight is 208 g/mol. The van der Waals surface area contributed by atoms with Gasteiger partial charge in [0, 0.05) is 6.54 Å². The van der Waals surface area contributed by atoms with Crippen LogP contribution in [0.25, 0.3) is 11.1 Å². The van der Waals surface area contributed by atoms with Crippen LogP contribution < -0.4 is 5.73 Å². The molecule has 2 nitrogen and oxygen atoms in total. The standard InChI is InChI=1S/C14H12N2/c15-9-11-6-7-14(13(8-11)10-16)12-4-2-1-3-5-12/h1-8H,9,15H2. The summed E-state index contributed by atoms with van der Waals surface area (Å²) in [5, 5.41) is 9.11. The van der Waals surface area contributed by atoms with Crippen molar-refractivity contribution in [2.75, 3.05) is 0 Å². The first kappa shape index (κ1) is 10.4. The molecule has 0 saturated carbocycles. The molecule has 0 heterocycles. The van der Waals surface area contributed by atoms with Gasteiger partial charge in [0.15, 0.2) is 0 Å². The summed E-state index contributed by atoms with van der Waals surface area (Å²) in [4.78, 5) is 0. The minimum atomic E-state index is 0.462. The number of hydrogen-bond acceptors (Lipinski definition) is 2. The van der Waals surface area contributed by atoms with Crippen molar-refractivity contribution in [1.29, 1.82) is 5.26 Å². The molecule has 2 N–H and O–H groups in total. The normalized spacial score (nSPS) is 9.75. The molecule has 16 heavy (non-hydrogen) atoms. The number of nitriles is 1. The molecule has 0 amide bonds. The molecule has 2 heteroatoms. The van der Waals surface area contributed by atoms with E-state index in [9.17, 15) is 0 Å². The zero-order valence-corrected chi connectivity index (χ0v) is 8.85. The molecule has 0 aliphatic heterocycles. The van der Waals surface area contributed by atoms with Gasteiger partial charge in [-0.2, -0.15) is 5.26 Å². The van der Waals surface area contributed by atoms with Crippen molar-refractivity contribution in [1.82, 2.24) is 0 Å². The van der Waals surface area contributed by atoms with Gasteiger partial charge in [0.1, 0.15) is 0 Å². The van der Waals surface area contributed by atoms with E-state index < -0.39 is 0 Å². The first-order chi connectivity index (χ1) is 7.85. The Morgan fingerprint density at radius 3 is 2.44 bits per heavy atom. The predicted octanol–water partition coefficient (Wildman–Crippen LogP) is 2.68. The van der Waals surface area contributed by atoms with E-state index in [4.69, 9.17) is 11.0 Å². The molecule has 2 rings (SSSR count). The Morgan fingerprint density at radius 1 is 1.06 bits per heavy atom. The summed E-state index contributed by atoms with van der Waals surface area (Å²) in [5.74, 6) is 0. The topological polar surface area (TPSA) is 49.8 Å². The van der Waals surface area contributed by atoms with Gasteiger partial charge in [0.05, 0.1) is 11.6 Å². The smallest absolute Gasteiger partial charge is 0.0998 e. The highest BCUT2D eigenvalue weighted by molar-refractivity contribution is 5.70. The van der Waals surface area contributed by atoms with Crippen LogP contribution >= 0.6 is 0 Å². The van der Waals surface area contributed by atoms with Crippen molar-refractivity contribution < 1.29 is 0 Å².